The molecule has 0 saturated carbocycles. The minimum absolute atomic E-state index is 0.185. The van der Waals surface area contributed by atoms with Crippen molar-refractivity contribution in [3.63, 3.8) is 0 Å². The molecule has 1 fully saturated rings. The highest BCUT2D eigenvalue weighted by Gasteiger charge is 2.24. The maximum Gasteiger partial charge on any atom is 0.307 e. The molecule has 2 aromatic rings. The molecule has 1 N–H and O–H groups in total. The van der Waals surface area contributed by atoms with Crippen LogP contribution in [0.3, 0.4) is 0 Å². The number of benzene rings is 2. The third-order valence-corrected chi connectivity index (χ3v) is 4.39. The topological polar surface area (TPSA) is 40.5 Å². The van der Waals surface area contributed by atoms with Gasteiger partial charge in [0.25, 0.3) is 0 Å². The number of fused-ring (bicyclic) bond motifs is 1. The Hall–Kier alpha value is -1.87. The quantitative estimate of drug-likeness (QED) is 0.937. The van der Waals surface area contributed by atoms with E-state index in [0.29, 0.717) is 6.54 Å². The third-order valence-electron chi connectivity index (χ3n) is 4.39. The van der Waals surface area contributed by atoms with E-state index in [1.165, 1.54) is 16.3 Å². The molecule has 1 unspecified atom stereocenters. The SMILES string of the molecule is O=C(O)C1CCCN(CCc2ccc3ccccc3c2)C1. The number of hydrogen-bond donors (Lipinski definition) is 1. The van der Waals surface area contributed by atoms with Crippen LogP contribution in [0.25, 0.3) is 10.8 Å². The Morgan fingerprint density at radius 2 is 2.00 bits per heavy atom. The van der Waals surface area contributed by atoms with Crippen molar-refractivity contribution in [2.45, 2.75) is 19.3 Å². The first kappa shape index (κ1) is 14.1. The lowest BCUT2D eigenvalue weighted by Gasteiger charge is -2.30. The zero-order chi connectivity index (χ0) is 14.7. The number of nitrogens with zero attached hydrogens (tertiary/aromatic N) is 1. The van der Waals surface area contributed by atoms with Crippen molar-refractivity contribution in [2.75, 3.05) is 19.6 Å². The van der Waals surface area contributed by atoms with E-state index >= 15 is 0 Å². The van der Waals surface area contributed by atoms with Gasteiger partial charge in [-0.25, -0.2) is 0 Å². The average Bonchev–Trinajstić information content (AvgIpc) is 2.53. The molecule has 0 spiro atoms. The van der Waals surface area contributed by atoms with E-state index in [4.69, 9.17) is 5.11 Å². The van der Waals surface area contributed by atoms with E-state index < -0.39 is 5.97 Å². The predicted molar refractivity (Wildman–Crippen MR) is 84.5 cm³/mol. The molecule has 3 nitrogen and oxygen atoms in total. The van der Waals surface area contributed by atoms with Gasteiger partial charge < -0.3 is 10.0 Å². The van der Waals surface area contributed by atoms with Crippen molar-refractivity contribution in [2.24, 2.45) is 5.92 Å². The molecule has 0 aliphatic carbocycles. The summed E-state index contributed by atoms with van der Waals surface area (Å²) in [6, 6.07) is 15.0. The van der Waals surface area contributed by atoms with Crippen LogP contribution >= 0.6 is 0 Å². The van der Waals surface area contributed by atoms with Gasteiger partial charge in [-0.3, -0.25) is 4.79 Å². The lowest BCUT2D eigenvalue weighted by Crippen LogP contribution is -2.39. The Balaban J connectivity index is 1.62. The number of likely N-dealkylation sites (tertiary alicyclic amines) is 1. The molecule has 0 aromatic heterocycles. The van der Waals surface area contributed by atoms with Crippen LogP contribution in [0.1, 0.15) is 18.4 Å². The predicted octanol–water partition coefficient (Wildman–Crippen LogP) is 3.18. The first-order valence-electron chi connectivity index (χ1n) is 7.65. The van der Waals surface area contributed by atoms with Crippen LogP contribution in [0.5, 0.6) is 0 Å². The maximum absolute atomic E-state index is 11.1. The molecule has 1 atom stereocenters. The number of piperidine rings is 1. The fourth-order valence-corrected chi connectivity index (χ4v) is 3.14. The van der Waals surface area contributed by atoms with Crippen LogP contribution in [0.2, 0.25) is 0 Å². The Bertz CT molecular complexity index is 638. The van der Waals surface area contributed by atoms with Gasteiger partial charge in [-0.2, -0.15) is 0 Å². The summed E-state index contributed by atoms with van der Waals surface area (Å²) >= 11 is 0. The van der Waals surface area contributed by atoms with E-state index in [1.54, 1.807) is 0 Å². The summed E-state index contributed by atoms with van der Waals surface area (Å²) in [7, 11) is 0. The van der Waals surface area contributed by atoms with Crippen LogP contribution in [-0.2, 0) is 11.2 Å². The Morgan fingerprint density at radius 3 is 2.81 bits per heavy atom. The Labute approximate surface area is 125 Å². The first-order chi connectivity index (χ1) is 10.2. The van der Waals surface area contributed by atoms with Crippen LogP contribution in [0.15, 0.2) is 42.5 Å². The van der Waals surface area contributed by atoms with Crippen LogP contribution in [-0.4, -0.2) is 35.6 Å². The summed E-state index contributed by atoms with van der Waals surface area (Å²) in [5, 5.41) is 11.7. The number of carboxylic acid groups (broad SMARTS) is 1. The molecule has 0 bridgehead atoms. The molecule has 0 radical (unpaired) electrons. The summed E-state index contributed by atoms with van der Waals surface area (Å²) < 4.78 is 0. The van der Waals surface area contributed by atoms with Crippen LogP contribution < -0.4 is 0 Å². The monoisotopic (exact) mass is 283 g/mol. The van der Waals surface area contributed by atoms with Crippen LogP contribution in [0, 0.1) is 5.92 Å². The fraction of sp³-hybridized carbons (Fsp3) is 0.389. The second kappa shape index (κ2) is 6.27. The fourth-order valence-electron chi connectivity index (χ4n) is 3.14. The molecule has 21 heavy (non-hydrogen) atoms. The Kier molecular flexibility index (Phi) is 4.20. The first-order valence-corrected chi connectivity index (χ1v) is 7.65. The molecule has 110 valence electrons. The zero-order valence-corrected chi connectivity index (χ0v) is 12.2. The lowest BCUT2D eigenvalue weighted by molar-refractivity contribution is -0.143. The largest absolute Gasteiger partial charge is 0.481 e. The van der Waals surface area contributed by atoms with Crippen molar-refractivity contribution in [3.8, 4) is 0 Å². The summed E-state index contributed by atoms with van der Waals surface area (Å²) in [5.74, 6) is -0.833. The number of rotatable bonds is 4. The summed E-state index contributed by atoms with van der Waals surface area (Å²) in [6.07, 6.45) is 2.80. The van der Waals surface area contributed by atoms with Crippen molar-refractivity contribution in [1.82, 2.24) is 4.90 Å². The number of hydrogen-bond acceptors (Lipinski definition) is 2. The van der Waals surface area contributed by atoms with Crippen molar-refractivity contribution in [3.05, 3.63) is 48.0 Å². The molecule has 1 aliphatic rings. The van der Waals surface area contributed by atoms with Gasteiger partial charge in [0.15, 0.2) is 0 Å². The van der Waals surface area contributed by atoms with E-state index in [0.717, 1.165) is 32.4 Å². The third kappa shape index (κ3) is 3.42. The second-order valence-corrected chi connectivity index (χ2v) is 5.91. The van der Waals surface area contributed by atoms with Gasteiger partial charge in [0.1, 0.15) is 0 Å². The van der Waals surface area contributed by atoms with E-state index in [2.05, 4.69) is 47.4 Å². The molecule has 3 heteroatoms. The highest BCUT2D eigenvalue weighted by Crippen LogP contribution is 2.19. The smallest absolute Gasteiger partial charge is 0.307 e. The average molecular weight is 283 g/mol. The summed E-state index contributed by atoms with van der Waals surface area (Å²) in [4.78, 5) is 13.4. The normalized spacial score (nSPS) is 19.7. The minimum atomic E-state index is -0.648. The van der Waals surface area contributed by atoms with E-state index in [-0.39, 0.29) is 5.92 Å². The highest BCUT2D eigenvalue weighted by atomic mass is 16.4. The molecular formula is C18H21NO2. The molecule has 1 heterocycles. The van der Waals surface area contributed by atoms with Gasteiger partial charge >= 0.3 is 5.97 Å². The second-order valence-electron chi connectivity index (χ2n) is 5.91. The summed E-state index contributed by atoms with van der Waals surface area (Å²) in [5.41, 5.74) is 1.33. The molecular weight excluding hydrogens is 262 g/mol. The number of aliphatic carboxylic acids is 1. The molecule has 1 aliphatic heterocycles. The number of carbonyl (C=O) groups is 1. The summed E-state index contributed by atoms with van der Waals surface area (Å²) in [6.45, 7) is 2.67. The van der Waals surface area contributed by atoms with Crippen molar-refractivity contribution in [1.29, 1.82) is 0 Å². The minimum Gasteiger partial charge on any atom is -0.481 e. The highest BCUT2D eigenvalue weighted by molar-refractivity contribution is 5.82. The standard InChI is InChI=1S/C18H21NO2/c20-18(21)17-6-3-10-19(13-17)11-9-14-7-8-15-4-1-2-5-16(15)12-14/h1-2,4-5,7-8,12,17H,3,6,9-11,13H2,(H,20,21). The molecule has 0 amide bonds. The molecule has 3 rings (SSSR count). The number of carboxylic acids is 1. The van der Waals surface area contributed by atoms with Gasteiger partial charge in [0, 0.05) is 13.1 Å². The van der Waals surface area contributed by atoms with E-state index in [9.17, 15) is 4.79 Å². The maximum atomic E-state index is 11.1. The van der Waals surface area contributed by atoms with Crippen molar-refractivity contribution >= 4 is 16.7 Å². The van der Waals surface area contributed by atoms with Gasteiger partial charge in [-0.05, 0) is 42.1 Å². The van der Waals surface area contributed by atoms with Crippen molar-refractivity contribution < 1.29 is 9.90 Å². The van der Waals surface area contributed by atoms with Gasteiger partial charge in [-0.1, -0.05) is 42.5 Å². The van der Waals surface area contributed by atoms with Gasteiger partial charge in [0.05, 0.1) is 5.92 Å². The lowest BCUT2D eigenvalue weighted by atomic mass is 9.97. The molecule has 2 aromatic carbocycles. The molecule has 1 saturated heterocycles. The van der Waals surface area contributed by atoms with Gasteiger partial charge in [-0.15, -0.1) is 0 Å². The van der Waals surface area contributed by atoms with E-state index in [1.807, 2.05) is 0 Å². The van der Waals surface area contributed by atoms with Crippen LogP contribution in [0.4, 0.5) is 0 Å². The van der Waals surface area contributed by atoms with Gasteiger partial charge in [0.2, 0.25) is 0 Å². The zero-order valence-electron chi connectivity index (χ0n) is 12.2. The Morgan fingerprint density at radius 1 is 1.19 bits per heavy atom.